The lowest BCUT2D eigenvalue weighted by Gasteiger charge is -2.32. The highest BCUT2D eigenvalue weighted by molar-refractivity contribution is 7.89. The van der Waals surface area contributed by atoms with Gasteiger partial charge in [0.2, 0.25) is 15.9 Å². The second-order valence-corrected chi connectivity index (χ2v) is 11.0. The van der Waals surface area contributed by atoms with Crippen LogP contribution in [0.15, 0.2) is 47.4 Å². The number of hydrogen-bond acceptors (Lipinski definition) is 6. The first-order chi connectivity index (χ1) is 16.3. The zero-order valence-electron chi connectivity index (χ0n) is 20.1. The van der Waals surface area contributed by atoms with Crippen LogP contribution in [-0.2, 0) is 21.4 Å². The molecule has 0 atom stereocenters. The average Bonchev–Trinajstić information content (AvgIpc) is 3.09. The van der Waals surface area contributed by atoms with Gasteiger partial charge in [0.25, 0.3) is 0 Å². The lowest BCUT2D eigenvalue weighted by Crippen LogP contribution is -2.43. The first-order valence-corrected chi connectivity index (χ1v) is 13.1. The number of ether oxygens (including phenoxy) is 2. The molecule has 8 nitrogen and oxygen atoms in total. The molecular weight excluding hydrogens is 454 g/mol. The molecule has 0 saturated carbocycles. The van der Waals surface area contributed by atoms with E-state index < -0.39 is 10.0 Å². The Labute approximate surface area is 202 Å². The number of hydrogen-bond donors (Lipinski definition) is 0. The Kier molecular flexibility index (Phi) is 7.33. The van der Waals surface area contributed by atoms with Crippen molar-refractivity contribution in [3.63, 3.8) is 0 Å². The summed E-state index contributed by atoms with van der Waals surface area (Å²) in [6.07, 6.45) is 1.77. The topological polar surface area (TPSA) is 79.4 Å². The van der Waals surface area contributed by atoms with Gasteiger partial charge in [-0.1, -0.05) is 12.1 Å². The van der Waals surface area contributed by atoms with Gasteiger partial charge in [0, 0.05) is 64.9 Å². The molecule has 34 heavy (non-hydrogen) atoms. The van der Waals surface area contributed by atoms with E-state index in [0.29, 0.717) is 57.2 Å². The number of piperidine rings is 1. The van der Waals surface area contributed by atoms with Crippen LogP contribution in [0.2, 0.25) is 0 Å². The minimum absolute atomic E-state index is 0.0595. The van der Waals surface area contributed by atoms with Crippen LogP contribution in [0, 0.1) is 5.92 Å². The van der Waals surface area contributed by atoms with E-state index in [1.165, 1.54) is 4.31 Å². The van der Waals surface area contributed by atoms with Crippen LogP contribution in [0.1, 0.15) is 24.8 Å². The van der Waals surface area contributed by atoms with E-state index in [9.17, 15) is 13.2 Å². The maximum absolute atomic E-state index is 13.2. The van der Waals surface area contributed by atoms with Crippen LogP contribution >= 0.6 is 0 Å². The first kappa shape index (κ1) is 24.3. The van der Waals surface area contributed by atoms with Gasteiger partial charge < -0.3 is 19.3 Å². The third-order valence-corrected chi connectivity index (χ3v) is 8.30. The van der Waals surface area contributed by atoms with Gasteiger partial charge in [-0.2, -0.15) is 4.31 Å². The molecule has 0 radical (unpaired) electrons. The molecule has 0 N–H and O–H groups in total. The highest BCUT2D eigenvalue weighted by atomic mass is 32.2. The second-order valence-electron chi connectivity index (χ2n) is 9.09. The predicted molar refractivity (Wildman–Crippen MR) is 131 cm³/mol. The van der Waals surface area contributed by atoms with Gasteiger partial charge in [-0.05, 0) is 42.7 Å². The first-order valence-electron chi connectivity index (χ1n) is 11.7. The van der Waals surface area contributed by atoms with Gasteiger partial charge in [0.15, 0.2) is 11.5 Å². The molecule has 0 aliphatic carbocycles. The Morgan fingerprint density at radius 3 is 2.26 bits per heavy atom. The number of sulfonamides is 1. The quantitative estimate of drug-likeness (QED) is 0.623. The van der Waals surface area contributed by atoms with Crippen LogP contribution in [0.3, 0.4) is 0 Å². The summed E-state index contributed by atoms with van der Waals surface area (Å²) in [6, 6.07) is 12.9. The van der Waals surface area contributed by atoms with Gasteiger partial charge >= 0.3 is 0 Å². The molecule has 2 aliphatic rings. The van der Waals surface area contributed by atoms with Crippen molar-refractivity contribution in [3.8, 4) is 11.5 Å². The molecule has 1 fully saturated rings. The zero-order valence-corrected chi connectivity index (χ0v) is 20.9. The Hall–Kier alpha value is -2.78. The number of fused-ring (bicyclic) bond motifs is 1. The molecule has 1 saturated heterocycles. The van der Waals surface area contributed by atoms with E-state index in [0.717, 1.165) is 17.7 Å². The Morgan fingerprint density at radius 2 is 1.62 bits per heavy atom. The van der Waals surface area contributed by atoms with Gasteiger partial charge in [-0.3, -0.25) is 4.79 Å². The lowest BCUT2D eigenvalue weighted by atomic mass is 9.96. The van der Waals surface area contributed by atoms with Crippen LogP contribution in [0.4, 0.5) is 5.69 Å². The summed E-state index contributed by atoms with van der Waals surface area (Å²) in [4.78, 5) is 17.0. The normalized spacial score (nSPS) is 17.1. The third-order valence-electron chi connectivity index (χ3n) is 6.41. The largest absolute Gasteiger partial charge is 0.490 e. The minimum Gasteiger partial charge on any atom is -0.490 e. The fraction of sp³-hybridized carbons (Fsp3) is 0.480. The molecular formula is C25H33N3O5S. The van der Waals surface area contributed by atoms with E-state index >= 15 is 0 Å². The fourth-order valence-corrected chi connectivity index (χ4v) is 5.84. The molecule has 0 aromatic heterocycles. The van der Waals surface area contributed by atoms with Crippen LogP contribution in [-0.4, -0.2) is 71.0 Å². The van der Waals surface area contributed by atoms with Crippen molar-refractivity contribution in [3.05, 3.63) is 48.0 Å². The van der Waals surface area contributed by atoms with E-state index in [2.05, 4.69) is 0 Å². The van der Waals surface area contributed by atoms with Crippen molar-refractivity contribution in [1.82, 2.24) is 9.21 Å². The van der Waals surface area contributed by atoms with Gasteiger partial charge in [-0.15, -0.1) is 0 Å². The molecule has 2 heterocycles. The summed E-state index contributed by atoms with van der Waals surface area (Å²) in [5.74, 6) is 0.912. The standard InChI is InChI=1S/C25H33N3O5S/c1-26(2)21-7-5-19(6-8-21)18-27(3)25(29)20-11-13-28(14-12-20)34(30,31)22-9-10-23-24(17-22)33-16-4-15-32-23/h5-10,17,20H,4,11-16,18H2,1-3H3. The van der Waals surface area contributed by atoms with Crippen molar-refractivity contribution in [2.45, 2.75) is 30.7 Å². The maximum atomic E-state index is 13.2. The number of amides is 1. The smallest absolute Gasteiger partial charge is 0.243 e. The summed E-state index contributed by atoms with van der Waals surface area (Å²) in [5, 5.41) is 0. The fourth-order valence-electron chi connectivity index (χ4n) is 4.36. The predicted octanol–water partition coefficient (Wildman–Crippen LogP) is 2.97. The third kappa shape index (κ3) is 5.31. The molecule has 0 spiro atoms. The molecule has 1 amide bonds. The molecule has 4 rings (SSSR count). The Balaban J connectivity index is 1.35. The SMILES string of the molecule is CN(Cc1ccc(N(C)C)cc1)C(=O)C1CCN(S(=O)(=O)c2ccc3c(c2)OCCCO3)CC1. The van der Waals surface area contributed by atoms with Crippen molar-refractivity contribution in [1.29, 1.82) is 0 Å². The van der Waals surface area contributed by atoms with Crippen LogP contribution < -0.4 is 14.4 Å². The number of rotatable bonds is 6. The molecule has 2 aliphatic heterocycles. The van der Waals surface area contributed by atoms with E-state index in [1.807, 2.05) is 50.3 Å². The summed E-state index contributed by atoms with van der Waals surface area (Å²) in [7, 11) is 2.13. The van der Waals surface area contributed by atoms with Crippen molar-refractivity contribution in [2.75, 3.05) is 52.3 Å². The van der Waals surface area contributed by atoms with E-state index in [4.69, 9.17) is 9.47 Å². The minimum atomic E-state index is -3.67. The van der Waals surface area contributed by atoms with Gasteiger partial charge in [0.1, 0.15) is 0 Å². The second kappa shape index (κ2) is 10.2. The number of carbonyl (C=O) groups is 1. The molecule has 0 unspecified atom stereocenters. The van der Waals surface area contributed by atoms with E-state index in [-0.39, 0.29) is 16.7 Å². The van der Waals surface area contributed by atoms with Crippen LogP contribution in [0.25, 0.3) is 0 Å². The van der Waals surface area contributed by atoms with Crippen molar-refractivity contribution in [2.24, 2.45) is 5.92 Å². The number of nitrogens with zero attached hydrogens (tertiary/aromatic N) is 3. The lowest BCUT2D eigenvalue weighted by molar-refractivity contribution is -0.135. The van der Waals surface area contributed by atoms with Gasteiger partial charge in [-0.25, -0.2) is 8.42 Å². The summed E-state index contributed by atoms with van der Waals surface area (Å²) in [6.45, 7) is 2.22. The zero-order chi connectivity index (χ0) is 24.3. The number of carbonyl (C=O) groups excluding carboxylic acids is 1. The summed E-state index contributed by atoms with van der Waals surface area (Å²) < 4.78 is 39.2. The molecule has 2 aromatic rings. The molecule has 184 valence electrons. The monoisotopic (exact) mass is 487 g/mol. The Bertz CT molecular complexity index is 1110. The number of anilines is 1. The van der Waals surface area contributed by atoms with Gasteiger partial charge in [0.05, 0.1) is 18.1 Å². The molecule has 9 heteroatoms. The Morgan fingerprint density at radius 1 is 0.971 bits per heavy atom. The highest BCUT2D eigenvalue weighted by Crippen LogP contribution is 2.34. The molecule has 0 bridgehead atoms. The van der Waals surface area contributed by atoms with E-state index in [1.54, 1.807) is 23.1 Å². The average molecular weight is 488 g/mol. The van der Waals surface area contributed by atoms with Crippen molar-refractivity contribution >= 4 is 21.6 Å². The van der Waals surface area contributed by atoms with Crippen LogP contribution in [0.5, 0.6) is 11.5 Å². The summed E-state index contributed by atoms with van der Waals surface area (Å²) >= 11 is 0. The number of benzene rings is 2. The highest BCUT2D eigenvalue weighted by Gasteiger charge is 2.33. The van der Waals surface area contributed by atoms with Crippen molar-refractivity contribution < 1.29 is 22.7 Å². The maximum Gasteiger partial charge on any atom is 0.243 e. The molecule has 2 aromatic carbocycles. The summed E-state index contributed by atoms with van der Waals surface area (Å²) in [5.41, 5.74) is 2.18.